The van der Waals surface area contributed by atoms with Crippen molar-refractivity contribution in [3.8, 4) is 28.7 Å². The van der Waals surface area contributed by atoms with Crippen LogP contribution in [0.25, 0.3) is 6.08 Å². The lowest BCUT2D eigenvalue weighted by Gasteiger charge is -2.14. The predicted octanol–water partition coefficient (Wildman–Crippen LogP) is 4.94. The second-order valence-corrected chi connectivity index (χ2v) is 7.96. The number of halogens is 1. The maximum atomic E-state index is 13.0. The number of nitrogens with zero attached hydrogens (tertiary/aromatic N) is 1. The summed E-state index contributed by atoms with van der Waals surface area (Å²) in [6.45, 7) is 0. The van der Waals surface area contributed by atoms with E-state index in [0.29, 0.717) is 39.1 Å². The van der Waals surface area contributed by atoms with Gasteiger partial charge in [0.2, 0.25) is 11.6 Å². The minimum absolute atomic E-state index is 0.00770. The van der Waals surface area contributed by atoms with Crippen LogP contribution >= 0.6 is 11.6 Å². The Labute approximate surface area is 217 Å². The van der Waals surface area contributed by atoms with Crippen LogP contribution in [0.5, 0.6) is 28.7 Å². The number of hydrogen-bond donors (Lipinski definition) is 0. The van der Waals surface area contributed by atoms with Gasteiger partial charge in [-0.1, -0.05) is 29.8 Å². The molecule has 1 aliphatic rings. The minimum atomic E-state index is -0.678. The Balaban J connectivity index is 1.66. The average molecular weight is 524 g/mol. The van der Waals surface area contributed by atoms with E-state index in [1.165, 1.54) is 46.6 Å². The first-order chi connectivity index (χ1) is 17.9. The number of para-hydroxylation sites is 1. The maximum Gasteiger partial charge on any atom is 0.363 e. The molecule has 0 spiro atoms. The van der Waals surface area contributed by atoms with Crippen molar-refractivity contribution < 1.29 is 38.0 Å². The van der Waals surface area contributed by atoms with Gasteiger partial charge in [0, 0.05) is 10.6 Å². The van der Waals surface area contributed by atoms with Crippen LogP contribution < -0.4 is 23.7 Å². The normalized spacial score (nSPS) is 13.6. The lowest BCUT2D eigenvalue weighted by molar-refractivity contribution is -0.129. The third-order valence-electron chi connectivity index (χ3n) is 5.33. The summed E-state index contributed by atoms with van der Waals surface area (Å²) in [4.78, 5) is 29.9. The molecule has 0 radical (unpaired) electrons. The summed E-state index contributed by atoms with van der Waals surface area (Å²) in [7, 11) is 5.84. The van der Waals surface area contributed by atoms with Crippen molar-refractivity contribution in [1.29, 1.82) is 0 Å². The number of ether oxygens (including phenoxy) is 6. The molecule has 190 valence electrons. The smallest absolute Gasteiger partial charge is 0.363 e. The molecule has 0 N–H and O–H groups in total. The van der Waals surface area contributed by atoms with Crippen molar-refractivity contribution >= 4 is 35.5 Å². The van der Waals surface area contributed by atoms with Gasteiger partial charge in [-0.2, -0.15) is 0 Å². The molecule has 3 aromatic rings. The fourth-order valence-corrected chi connectivity index (χ4v) is 3.74. The van der Waals surface area contributed by atoms with E-state index in [2.05, 4.69) is 4.99 Å². The highest BCUT2D eigenvalue weighted by molar-refractivity contribution is 6.31. The van der Waals surface area contributed by atoms with Crippen LogP contribution in [0.4, 0.5) is 0 Å². The second kappa shape index (κ2) is 11.0. The van der Waals surface area contributed by atoms with E-state index in [4.69, 9.17) is 40.0 Å². The van der Waals surface area contributed by atoms with Crippen LogP contribution in [-0.4, -0.2) is 46.3 Å². The predicted molar refractivity (Wildman–Crippen MR) is 136 cm³/mol. The summed E-state index contributed by atoms with van der Waals surface area (Å²) < 4.78 is 32.2. The molecule has 37 heavy (non-hydrogen) atoms. The monoisotopic (exact) mass is 523 g/mol. The van der Waals surface area contributed by atoms with Gasteiger partial charge >= 0.3 is 11.9 Å². The highest BCUT2D eigenvalue weighted by atomic mass is 35.5. The van der Waals surface area contributed by atoms with Gasteiger partial charge in [-0.25, -0.2) is 14.6 Å². The summed E-state index contributed by atoms with van der Waals surface area (Å²) in [5.41, 5.74) is 1.03. The molecule has 0 amide bonds. The van der Waals surface area contributed by atoms with Crippen molar-refractivity contribution in [2.24, 2.45) is 4.99 Å². The highest BCUT2D eigenvalue weighted by Crippen LogP contribution is 2.38. The number of rotatable bonds is 8. The molecule has 0 saturated heterocycles. The molecule has 0 saturated carbocycles. The molecule has 0 aromatic heterocycles. The molecule has 0 atom stereocenters. The Morgan fingerprint density at radius 3 is 2.19 bits per heavy atom. The number of carbonyl (C=O) groups excluding carboxylic acids is 2. The average Bonchev–Trinajstić information content (AvgIpc) is 3.28. The van der Waals surface area contributed by atoms with E-state index >= 15 is 0 Å². The van der Waals surface area contributed by atoms with Crippen LogP contribution in [0.2, 0.25) is 5.02 Å². The lowest BCUT2D eigenvalue weighted by Crippen LogP contribution is -2.10. The van der Waals surface area contributed by atoms with Crippen LogP contribution in [0.15, 0.2) is 65.3 Å². The first-order valence-electron chi connectivity index (χ1n) is 10.9. The van der Waals surface area contributed by atoms with Crippen LogP contribution in [-0.2, 0) is 9.53 Å². The molecule has 9 nitrogen and oxygen atoms in total. The van der Waals surface area contributed by atoms with Gasteiger partial charge in [-0.05, 0) is 42.5 Å². The third kappa shape index (κ3) is 5.36. The molecular formula is C27H22ClNO8. The van der Waals surface area contributed by atoms with Crippen molar-refractivity contribution in [2.75, 3.05) is 28.4 Å². The van der Waals surface area contributed by atoms with Gasteiger partial charge in [0.15, 0.2) is 17.2 Å². The molecule has 0 bridgehead atoms. The Morgan fingerprint density at radius 2 is 1.54 bits per heavy atom. The van der Waals surface area contributed by atoms with E-state index in [9.17, 15) is 9.59 Å². The van der Waals surface area contributed by atoms with Gasteiger partial charge in [-0.3, -0.25) is 0 Å². The zero-order valence-corrected chi connectivity index (χ0v) is 21.1. The highest BCUT2D eigenvalue weighted by Gasteiger charge is 2.27. The van der Waals surface area contributed by atoms with Crippen molar-refractivity contribution in [1.82, 2.24) is 0 Å². The van der Waals surface area contributed by atoms with Crippen LogP contribution in [0.1, 0.15) is 21.5 Å². The Hall–Kier alpha value is -4.50. The maximum absolute atomic E-state index is 13.0. The summed E-state index contributed by atoms with van der Waals surface area (Å²) in [6.07, 6.45) is 1.46. The molecule has 4 rings (SSSR count). The number of carbonyl (C=O) groups is 2. The Bertz CT molecular complexity index is 1400. The topological polar surface area (TPSA) is 102 Å². The molecule has 0 unspecified atom stereocenters. The summed E-state index contributed by atoms with van der Waals surface area (Å²) in [6, 6.07) is 14.5. The number of aliphatic imine (C=N–C) groups is 1. The number of hydrogen-bond acceptors (Lipinski definition) is 9. The summed E-state index contributed by atoms with van der Waals surface area (Å²) in [5, 5.41) is 0.427. The number of esters is 2. The number of benzene rings is 3. The van der Waals surface area contributed by atoms with Crippen molar-refractivity contribution in [3.05, 3.63) is 82.0 Å². The van der Waals surface area contributed by atoms with Crippen LogP contribution in [0.3, 0.4) is 0 Å². The van der Waals surface area contributed by atoms with E-state index in [1.807, 2.05) is 0 Å². The molecule has 1 aliphatic heterocycles. The Kier molecular flexibility index (Phi) is 7.64. The van der Waals surface area contributed by atoms with E-state index in [0.717, 1.165) is 0 Å². The standard InChI is InChI=1S/C27H22ClNO8/c1-32-21-10-9-17(28)14-18(21)25-29-19(27(31)37-25)11-15-7-5-6-8-20(15)36-26(30)16-12-22(33-2)24(35-4)23(13-16)34-3/h5-14H,1-4H3/b19-11-. The van der Waals surface area contributed by atoms with Gasteiger partial charge in [-0.15, -0.1) is 0 Å². The van der Waals surface area contributed by atoms with Gasteiger partial charge in [0.05, 0.1) is 39.6 Å². The van der Waals surface area contributed by atoms with E-state index in [1.54, 1.807) is 42.5 Å². The molecule has 1 heterocycles. The van der Waals surface area contributed by atoms with Crippen molar-refractivity contribution in [2.45, 2.75) is 0 Å². The minimum Gasteiger partial charge on any atom is -0.496 e. The van der Waals surface area contributed by atoms with E-state index in [-0.39, 0.29) is 22.9 Å². The fraction of sp³-hybridized carbons (Fsp3) is 0.148. The first kappa shape index (κ1) is 25.6. The van der Waals surface area contributed by atoms with Gasteiger partial charge < -0.3 is 28.4 Å². The quantitative estimate of drug-likeness (QED) is 0.232. The molecule has 10 heteroatoms. The number of cyclic esters (lactones) is 1. The van der Waals surface area contributed by atoms with Gasteiger partial charge in [0.25, 0.3) is 0 Å². The largest absolute Gasteiger partial charge is 0.496 e. The lowest BCUT2D eigenvalue weighted by atomic mass is 10.1. The van der Waals surface area contributed by atoms with Gasteiger partial charge in [0.1, 0.15) is 11.5 Å². The Morgan fingerprint density at radius 1 is 0.865 bits per heavy atom. The fourth-order valence-electron chi connectivity index (χ4n) is 3.57. The zero-order chi connectivity index (χ0) is 26.5. The molecule has 3 aromatic carbocycles. The molecule has 0 fully saturated rings. The van der Waals surface area contributed by atoms with Crippen molar-refractivity contribution in [3.63, 3.8) is 0 Å². The third-order valence-corrected chi connectivity index (χ3v) is 5.56. The van der Waals surface area contributed by atoms with E-state index < -0.39 is 11.9 Å². The summed E-state index contributed by atoms with van der Waals surface area (Å²) in [5.74, 6) is 0.281. The first-order valence-corrected chi connectivity index (χ1v) is 11.2. The second-order valence-electron chi connectivity index (χ2n) is 7.52. The summed E-state index contributed by atoms with van der Waals surface area (Å²) >= 11 is 6.09. The SMILES string of the molecule is COc1ccc(Cl)cc1C1=N/C(=C\c2ccccc2OC(=O)c2cc(OC)c(OC)c(OC)c2)C(=O)O1. The molecule has 0 aliphatic carbocycles. The van der Waals surface area contributed by atoms with Crippen LogP contribution in [0, 0.1) is 0 Å². The molecular weight excluding hydrogens is 502 g/mol. The number of methoxy groups -OCH3 is 4. The zero-order valence-electron chi connectivity index (χ0n) is 20.4.